The highest BCUT2D eigenvalue weighted by Gasteiger charge is 2.40. The lowest BCUT2D eigenvalue weighted by molar-refractivity contribution is -0.126. The van der Waals surface area contributed by atoms with E-state index in [0.717, 1.165) is 0 Å². The zero-order valence-corrected chi connectivity index (χ0v) is 12.3. The number of hydrogen-bond acceptors (Lipinski definition) is 3. The van der Waals surface area contributed by atoms with Gasteiger partial charge in [0.05, 0.1) is 27.8 Å². The molecule has 3 N–H and O–H groups in total. The highest BCUT2D eigenvalue weighted by molar-refractivity contribution is 6.33. The van der Waals surface area contributed by atoms with E-state index >= 15 is 0 Å². The second-order valence-corrected chi connectivity index (χ2v) is 6.01. The number of rotatable bonds is 3. The number of anilines is 1. The van der Waals surface area contributed by atoms with Crippen molar-refractivity contribution in [3.8, 4) is 6.07 Å². The van der Waals surface area contributed by atoms with Gasteiger partial charge in [0.25, 0.3) is 0 Å². The molecule has 19 heavy (non-hydrogen) atoms. The second-order valence-electron chi connectivity index (χ2n) is 5.61. The third-order valence-electron chi connectivity index (χ3n) is 3.52. The molecule has 102 valence electrons. The van der Waals surface area contributed by atoms with E-state index in [9.17, 15) is 4.79 Å². The monoisotopic (exact) mass is 279 g/mol. The molecule has 0 radical (unpaired) electrons. The minimum atomic E-state index is -0.779. The van der Waals surface area contributed by atoms with Crippen LogP contribution in [0.4, 0.5) is 5.69 Å². The van der Waals surface area contributed by atoms with Crippen molar-refractivity contribution < 1.29 is 4.79 Å². The van der Waals surface area contributed by atoms with Gasteiger partial charge in [-0.2, -0.15) is 5.26 Å². The quantitative estimate of drug-likeness (QED) is 0.893. The van der Waals surface area contributed by atoms with Crippen LogP contribution in [0.2, 0.25) is 5.02 Å². The molecule has 0 spiro atoms. The summed E-state index contributed by atoms with van der Waals surface area (Å²) >= 11 is 6.01. The van der Waals surface area contributed by atoms with Gasteiger partial charge in [0.1, 0.15) is 0 Å². The number of nitrogens with one attached hydrogen (secondary N) is 1. The van der Waals surface area contributed by atoms with Crippen molar-refractivity contribution in [2.75, 3.05) is 5.32 Å². The van der Waals surface area contributed by atoms with Gasteiger partial charge in [-0.05, 0) is 45.9 Å². The van der Waals surface area contributed by atoms with E-state index in [4.69, 9.17) is 22.6 Å². The van der Waals surface area contributed by atoms with E-state index < -0.39 is 11.0 Å². The fourth-order valence-electron chi connectivity index (χ4n) is 1.26. The predicted molar refractivity (Wildman–Crippen MR) is 76.8 cm³/mol. The van der Waals surface area contributed by atoms with E-state index in [1.54, 1.807) is 45.9 Å². The Kier molecular flexibility index (Phi) is 4.24. The smallest absolute Gasteiger partial charge is 0.231 e. The lowest BCUT2D eigenvalue weighted by atomic mass is 9.74. The summed E-state index contributed by atoms with van der Waals surface area (Å²) in [6, 6.07) is 6.72. The lowest BCUT2D eigenvalue weighted by Gasteiger charge is -2.36. The summed E-state index contributed by atoms with van der Waals surface area (Å²) in [5, 5.41) is 12.0. The molecule has 5 heteroatoms. The Morgan fingerprint density at radius 2 is 1.95 bits per heavy atom. The third kappa shape index (κ3) is 3.25. The first-order valence-electron chi connectivity index (χ1n) is 5.89. The third-order valence-corrected chi connectivity index (χ3v) is 3.85. The molecule has 0 aliphatic heterocycles. The van der Waals surface area contributed by atoms with Crippen LogP contribution in [0.1, 0.15) is 33.3 Å². The van der Waals surface area contributed by atoms with E-state index in [0.29, 0.717) is 16.3 Å². The molecular formula is C14H18ClN3O. The first-order chi connectivity index (χ1) is 8.59. The van der Waals surface area contributed by atoms with Crippen LogP contribution in [-0.2, 0) is 4.79 Å². The number of nitriles is 1. The van der Waals surface area contributed by atoms with Gasteiger partial charge in [0.15, 0.2) is 0 Å². The van der Waals surface area contributed by atoms with Crippen molar-refractivity contribution in [2.45, 2.75) is 33.2 Å². The largest absolute Gasteiger partial charge is 0.325 e. The fraction of sp³-hybridized carbons (Fsp3) is 0.429. The summed E-state index contributed by atoms with van der Waals surface area (Å²) in [6.07, 6.45) is 0. The van der Waals surface area contributed by atoms with E-state index in [1.807, 2.05) is 6.07 Å². The molecule has 0 fully saturated rings. The van der Waals surface area contributed by atoms with Crippen LogP contribution in [-0.4, -0.2) is 11.4 Å². The molecule has 1 aromatic rings. The fourth-order valence-corrected chi connectivity index (χ4v) is 1.43. The van der Waals surface area contributed by atoms with Gasteiger partial charge in [0.2, 0.25) is 5.91 Å². The van der Waals surface area contributed by atoms with Crippen LogP contribution in [0.15, 0.2) is 18.2 Å². The molecule has 0 aliphatic rings. The highest BCUT2D eigenvalue weighted by atomic mass is 35.5. The molecule has 0 saturated heterocycles. The molecule has 1 amide bonds. The minimum absolute atomic E-state index is 0.239. The molecule has 0 heterocycles. The SMILES string of the molecule is CC(C)(N)C(C)(C)C(=O)Nc1cc(C#N)ccc1Cl. The van der Waals surface area contributed by atoms with Crippen LogP contribution in [0.25, 0.3) is 0 Å². The lowest BCUT2D eigenvalue weighted by Crippen LogP contribution is -2.53. The Bertz CT molecular complexity index is 539. The number of benzene rings is 1. The number of carbonyl (C=O) groups excluding carboxylic acids is 1. The normalized spacial score (nSPS) is 11.8. The van der Waals surface area contributed by atoms with Crippen LogP contribution in [0, 0.1) is 16.7 Å². The number of nitrogens with zero attached hydrogens (tertiary/aromatic N) is 1. The topological polar surface area (TPSA) is 78.9 Å². The average molecular weight is 280 g/mol. The van der Waals surface area contributed by atoms with Gasteiger partial charge in [-0.25, -0.2) is 0 Å². The summed E-state index contributed by atoms with van der Waals surface area (Å²) in [5.41, 5.74) is 5.41. The number of carbonyl (C=O) groups is 1. The minimum Gasteiger partial charge on any atom is -0.325 e. The van der Waals surface area contributed by atoms with Crippen molar-refractivity contribution in [1.29, 1.82) is 5.26 Å². The van der Waals surface area contributed by atoms with Gasteiger partial charge >= 0.3 is 0 Å². The Morgan fingerprint density at radius 1 is 1.37 bits per heavy atom. The van der Waals surface area contributed by atoms with Gasteiger partial charge in [-0.1, -0.05) is 11.6 Å². The highest BCUT2D eigenvalue weighted by Crippen LogP contribution is 2.31. The summed E-state index contributed by atoms with van der Waals surface area (Å²) < 4.78 is 0. The van der Waals surface area contributed by atoms with Crippen molar-refractivity contribution in [2.24, 2.45) is 11.1 Å². The second kappa shape index (κ2) is 5.20. The predicted octanol–water partition coefficient (Wildman–Crippen LogP) is 2.91. The molecule has 0 saturated carbocycles. The maximum Gasteiger partial charge on any atom is 0.231 e. The Labute approximate surface area is 118 Å². The zero-order valence-electron chi connectivity index (χ0n) is 11.5. The molecule has 0 aromatic heterocycles. The van der Waals surface area contributed by atoms with Gasteiger partial charge in [-0.3, -0.25) is 4.79 Å². The summed E-state index contributed by atoms with van der Waals surface area (Å²) in [6.45, 7) is 7.12. The molecule has 4 nitrogen and oxygen atoms in total. The molecule has 0 atom stereocenters. The van der Waals surface area contributed by atoms with Gasteiger partial charge in [0, 0.05) is 5.54 Å². The van der Waals surface area contributed by atoms with E-state index in [-0.39, 0.29) is 5.91 Å². The number of halogens is 1. The Hall–Kier alpha value is -1.57. The number of hydrogen-bond donors (Lipinski definition) is 2. The van der Waals surface area contributed by atoms with Gasteiger partial charge in [-0.15, -0.1) is 0 Å². The van der Waals surface area contributed by atoms with Crippen molar-refractivity contribution in [3.63, 3.8) is 0 Å². The zero-order chi connectivity index (χ0) is 14.8. The first kappa shape index (κ1) is 15.5. The standard InChI is InChI=1S/C14H18ClN3O/c1-13(2,14(3,4)17)12(19)18-11-7-9(8-16)5-6-10(11)15/h5-7H,17H2,1-4H3,(H,18,19). The molecule has 0 unspecified atom stereocenters. The average Bonchev–Trinajstić information content (AvgIpc) is 2.30. The number of amides is 1. The Morgan fingerprint density at radius 3 is 2.42 bits per heavy atom. The molecule has 1 aromatic carbocycles. The number of nitrogens with two attached hydrogens (primary N) is 1. The summed E-state index contributed by atoms with van der Waals surface area (Å²) in [5.74, 6) is -0.239. The molecule has 0 bridgehead atoms. The molecule has 0 aliphatic carbocycles. The van der Waals surface area contributed by atoms with Crippen molar-refractivity contribution in [1.82, 2.24) is 0 Å². The summed E-state index contributed by atoms with van der Waals surface area (Å²) in [4.78, 5) is 12.3. The summed E-state index contributed by atoms with van der Waals surface area (Å²) in [7, 11) is 0. The van der Waals surface area contributed by atoms with E-state index in [1.165, 1.54) is 0 Å². The first-order valence-corrected chi connectivity index (χ1v) is 6.27. The van der Waals surface area contributed by atoms with E-state index in [2.05, 4.69) is 5.32 Å². The molecule has 1 rings (SSSR count). The van der Waals surface area contributed by atoms with Crippen molar-refractivity contribution in [3.05, 3.63) is 28.8 Å². The van der Waals surface area contributed by atoms with Crippen molar-refractivity contribution >= 4 is 23.2 Å². The maximum atomic E-state index is 12.3. The van der Waals surface area contributed by atoms with Crippen LogP contribution < -0.4 is 11.1 Å². The van der Waals surface area contributed by atoms with Crippen LogP contribution in [0.5, 0.6) is 0 Å². The Balaban J connectivity index is 3.04. The van der Waals surface area contributed by atoms with Gasteiger partial charge < -0.3 is 11.1 Å². The molecular weight excluding hydrogens is 262 g/mol. The maximum absolute atomic E-state index is 12.3. The van der Waals surface area contributed by atoms with Crippen LogP contribution >= 0.6 is 11.6 Å². The van der Waals surface area contributed by atoms with Crippen LogP contribution in [0.3, 0.4) is 0 Å².